The molecule has 11 heteroatoms. The number of likely N-dealkylation sites (tertiary alicyclic amines) is 1. The molecule has 2 aromatic rings. The van der Waals surface area contributed by atoms with E-state index in [1.165, 1.54) is 11.8 Å². The van der Waals surface area contributed by atoms with Crippen LogP contribution in [0.25, 0.3) is 4.91 Å². The van der Waals surface area contributed by atoms with Gasteiger partial charge < -0.3 is 25.6 Å². The molecule has 0 aromatic carbocycles. The first kappa shape index (κ1) is 27.9. The molecule has 2 aliphatic heterocycles. The molecule has 0 radical (unpaired) electrons. The smallest absolute Gasteiger partial charge is 0.271 e. The van der Waals surface area contributed by atoms with Crippen LogP contribution in [0, 0.1) is 5.92 Å². The van der Waals surface area contributed by atoms with Crippen LogP contribution < -0.4 is 20.7 Å². The van der Waals surface area contributed by atoms with Crippen molar-refractivity contribution in [2.24, 2.45) is 5.92 Å². The van der Waals surface area contributed by atoms with Gasteiger partial charge in [-0.05, 0) is 69.3 Å². The summed E-state index contributed by atoms with van der Waals surface area (Å²) in [5.41, 5.74) is 2.15. The molecule has 0 spiro atoms. The third-order valence-electron chi connectivity index (χ3n) is 6.80. The number of ether oxygens (including phenoxy) is 1. The van der Waals surface area contributed by atoms with E-state index in [9.17, 15) is 9.59 Å². The number of aromatic nitrogens is 3. The minimum absolute atomic E-state index is 0.262. The van der Waals surface area contributed by atoms with E-state index in [0.29, 0.717) is 61.5 Å². The van der Waals surface area contributed by atoms with Crippen LogP contribution in [0.4, 0.5) is 5.69 Å². The molecule has 4 heterocycles. The molecule has 2 amide bonds. The molecule has 2 bridgehead atoms. The highest BCUT2D eigenvalue weighted by molar-refractivity contribution is 8.10. The van der Waals surface area contributed by atoms with Gasteiger partial charge in [-0.2, -0.15) is 5.10 Å². The van der Waals surface area contributed by atoms with E-state index in [2.05, 4.69) is 44.6 Å². The molecule has 0 atom stereocenters. The van der Waals surface area contributed by atoms with E-state index < -0.39 is 0 Å². The van der Waals surface area contributed by atoms with E-state index in [1.54, 1.807) is 29.4 Å². The van der Waals surface area contributed by atoms with E-state index >= 15 is 0 Å². The van der Waals surface area contributed by atoms with Gasteiger partial charge in [0.25, 0.3) is 11.8 Å². The number of rotatable bonds is 3. The number of hydrogen-bond donors (Lipinski definition) is 3. The highest BCUT2D eigenvalue weighted by Crippen LogP contribution is 2.29. The van der Waals surface area contributed by atoms with Crippen molar-refractivity contribution in [3.8, 4) is 5.88 Å². The maximum absolute atomic E-state index is 13.2. The van der Waals surface area contributed by atoms with Gasteiger partial charge in [0, 0.05) is 48.9 Å². The average molecular weight is 540 g/mol. The summed E-state index contributed by atoms with van der Waals surface area (Å²) in [5, 5.41) is 15.3. The summed E-state index contributed by atoms with van der Waals surface area (Å²) in [6.07, 6.45) is 6.48. The first-order chi connectivity index (χ1) is 18.4. The molecule has 204 valence electrons. The number of pyridine rings is 1. The van der Waals surface area contributed by atoms with E-state index in [4.69, 9.17) is 4.74 Å². The molecule has 0 aliphatic carbocycles. The van der Waals surface area contributed by atoms with Crippen LogP contribution in [0.3, 0.4) is 0 Å². The molecule has 38 heavy (non-hydrogen) atoms. The Balaban J connectivity index is 1.51. The molecular weight excluding hydrogens is 502 g/mol. The van der Waals surface area contributed by atoms with Gasteiger partial charge in [0.15, 0.2) is 0 Å². The van der Waals surface area contributed by atoms with Crippen molar-refractivity contribution in [3.05, 3.63) is 53.3 Å². The topological polar surface area (TPSA) is 113 Å². The second-order valence-electron chi connectivity index (χ2n) is 9.70. The van der Waals surface area contributed by atoms with Gasteiger partial charge in [-0.25, -0.2) is 4.98 Å². The Morgan fingerprint density at radius 1 is 1.18 bits per heavy atom. The fourth-order valence-electron chi connectivity index (χ4n) is 4.41. The van der Waals surface area contributed by atoms with Crippen molar-refractivity contribution >= 4 is 34.2 Å². The Bertz CT molecular complexity index is 1170. The van der Waals surface area contributed by atoms with Crippen molar-refractivity contribution in [1.82, 2.24) is 30.3 Å². The molecule has 0 saturated carbocycles. The molecule has 2 aromatic heterocycles. The lowest BCUT2D eigenvalue weighted by Crippen LogP contribution is -2.35. The van der Waals surface area contributed by atoms with Crippen molar-refractivity contribution in [2.75, 3.05) is 51.7 Å². The zero-order chi connectivity index (χ0) is 26.9. The zero-order valence-corrected chi connectivity index (χ0v) is 23.0. The molecule has 1 saturated heterocycles. The number of aryl methyl sites for hydroxylation is 1. The maximum atomic E-state index is 13.2. The highest BCUT2D eigenvalue weighted by atomic mass is 32.2. The Labute approximate surface area is 228 Å². The third-order valence-corrected chi connectivity index (χ3v) is 7.79. The van der Waals surface area contributed by atoms with Crippen molar-refractivity contribution in [2.45, 2.75) is 32.7 Å². The van der Waals surface area contributed by atoms with Gasteiger partial charge >= 0.3 is 0 Å². The average Bonchev–Trinajstić information content (AvgIpc) is 3.32. The van der Waals surface area contributed by atoms with E-state index in [0.717, 1.165) is 42.8 Å². The van der Waals surface area contributed by atoms with Gasteiger partial charge in [0.05, 0.1) is 11.9 Å². The zero-order valence-electron chi connectivity index (χ0n) is 22.2. The summed E-state index contributed by atoms with van der Waals surface area (Å²) in [6, 6.07) is 3.69. The molecule has 3 N–H and O–H groups in total. The quantitative estimate of drug-likeness (QED) is 0.546. The number of nitrogens with zero attached hydrogens (tertiary/aromatic N) is 4. The van der Waals surface area contributed by atoms with Crippen LogP contribution in [0.1, 0.15) is 42.2 Å². The number of thioether (sulfide) groups is 1. The highest BCUT2D eigenvalue weighted by Gasteiger charge is 2.23. The monoisotopic (exact) mass is 539 g/mol. The molecule has 0 unspecified atom stereocenters. The van der Waals surface area contributed by atoms with Gasteiger partial charge in [0.2, 0.25) is 5.88 Å². The summed E-state index contributed by atoms with van der Waals surface area (Å²) < 4.78 is 7.47. The molecular formula is C27H37N7O3S. The predicted octanol–water partition coefficient (Wildman–Crippen LogP) is 2.97. The van der Waals surface area contributed by atoms with Crippen LogP contribution in [0.5, 0.6) is 5.88 Å². The lowest BCUT2D eigenvalue weighted by atomic mass is 9.94. The predicted molar refractivity (Wildman–Crippen MR) is 151 cm³/mol. The van der Waals surface area contributed by atoms with Crippen LogP contribution in [-0.2, 0) is 11.3 Å². The summed E-state index contributed by atoms with van der Waals surface area (Å²) in [5.74, 6) is 0.550. The molecule has 4 rings (SSSR count). The lowest BCUT2D eigenvalue weighted by molar-refractivity contribution is -0.112. The number of amides is 2. The Morgan fingerprint density at radius 3 is 2.82 bits per heavy atom. The normalized spacial score (nSPS) is 20.6. The minimum Gasteiger partial charge on any atom is -0.476 e. The van der Waals surface area contributed by atoms with Crippen LogP contribution in [-0.4, -0.2) is 77.9 Å². The molecule has 1 fully saturated rings. The summed E-state index contributed by atoms with van der Waals surface area (Å²) in [4.78, 5) is 33.6. The standard InChI is InChI=1S/C27H37N7O3S/c1-19-18-38-20(2)22-4-8-29-24(16-22)37-15-11-28-9-10-30-27(36)25-23(32-26(19)35)17-31-34(25)14-7-21-5-12-33(3)13-6-21/h4,8,16-18,21,28H,2,5-7,9-15H2,1,3H3,(H,30,36)(H,32,35)/b19-18+. The fraction of sp³-hybridized carbons (Fsp3) is 0.481. The summed E-state index contributed by atoms with van der Waals surface area (Å²) in [6.45, 7) is 10.7. The number of piperidine rings is 1. The Hall–Kier alpha value is -3.15. The van der Waals surface area contributed by atoms with Crippen molar-refractivity contribution in [3.63, 3.8) is 0 Å². The van der Waals surface area contributed by atoms with Gasteiger partial charge in [-0.1, -0.05) is 18.3 Å². The van der Waals surface area contributed by atoms with Crippen LogP contribution >= 0.6 is 11.8 Å². The minimum atomic E-state index is -0.299. The lowest BCUT2D eigenvalue weighted by Gasteiger charge is -2.28. The number of carbonyl (C=O) groups excluding carboxylic acids is 2. The SMILES string of the molecule is C=C1S/C=C(\C)C(=O)Nc2cnn(CCC3CCN(C)CC3)c2C(=O)NCCNCCOc2cc1ccn2. The van der Waals surface area contributed by atoms with Gasteiger partial charge in [-0.3, -0.25) is 14.3 Å². The second kappa shape index (κ2) is 13.6. The van der Waals surface area contributed by atoms with E-state index in [-0.39, 0.29) is 11.8 Å². The largest absolute Gasteiger partial charge is 0.476 e. The summed E-state index contributed by atoms with van der Waals surface area (Å²) >= 11 is 1.35. The molecule has 2 aliphatic rings. The number of hydrogen-bond acceptors (Lipinski definition) is 8. The fourth-order valence-corrected chi connectivity index (χ4v) is 5.10. The Morgan fingerprint density at radius 2 is 2.00 bits per heavy atom. The maximum Gasteiger partial charge on any atom is 0.271 e. The number of nitrogens with one attached hydrogen (secondary N) is 3. The van der Waals surface area contributed by atoms with Gasteiger partial charge in [-0.15, -0.1) is 0 Å². The number of fused-ring (bicyclic) bond motifs is 3. The van der Waals surface area contributed by atoms with Crippen LogP contribution in [0.2, 0.25) is 0 Å². The second-order valence-corrected chi connectivity index (χ2v) is 10.7. The number of carbonyl (C=O) groups is 2. The summed E-state index contributed by atoms with van der Waals surface area (Å²) in [7, 11) is 2.15. The van der Waals surface area contributed by atoms with Crippen LogP contribution in [0.15, 0.2) is 42.1 Å². The van der Waals surface area contributed by atoms with Gasteiger partial charge in [0.1, 0.15) is 12.3 Å². The van der Waals surface area contributed by atoms with Crippen molar-refractivity contribution in [1.29, 1.82) is 0 Å². The Kier molecular flexibility index (Phi) is 9.97. The first-order valence-corrected chi connectivity index (χ1v) is 13.9. The molecule has 10 nitrogen and oxygen atoms in total. The van der Waals surface area contributed by atoms with E-state index in [1.807, 2.05) is 12.1 Å². The van der Waals surface area contributed by atoms with Crippen molar-refractivity contribution < 1.29 is 14.3 Å². The third kappa shape index (κ3) is 7.68. The number of anilines is 1. The first-order valence-electron chi connectivity index (χ1n) is 13.1.